The van der Waals surface area contributed by atoms with E-state index in [1.54, 1.807) is 48.7 Å². The molecule has 0 unspecified atom stereocenters. The summed E-state index contributed by atoms with van der Waals surface area (Å²) in [7, 11) is -8.41. The fraction of sp³-hybridized carbons (Fsp3) is 0.467. The Morgan fingerprint density at radius 1 is 0.930 bits per heavy atom. The Morgan fingerprint density at radius 2 is 1.51 bits per heavy atom. The van der Waals surface area contributed by atoms with Crippen molar-refractivity contribution in [2.75, 3.05) is 0 Å². The molecule has 1 atom stereocenters. The van der Waals surface area contributed by atoms with Gasteiger partial charge in [-0.1, -0.05) is 77.9 Å². The molecule has 1 heterocycles. The second-order valence-electron chi connectivity index (χ2n) is 11.5. The predicted octanol–water partition coefficient (Wildman–Crippen LogP) is 6.68. The number of fused-ring (bicyclic) bond motifs is 1. The number of aromatic nitrogens is 1. The summed E-state index contributed by atoms with van der Waals surface area (Å²) in [6.45, 7) is 13.8. The number of hydrogen-bond donors (Lipinski definition) is 1. The van der Waals surface area contributed by atoms with Crippen LogP contribution in [0.4, 0.5) is 13.2 Å². The summed E-state index contributed by atoms with van der Waals surface area (Å²) in [6, 6.07) is 11.7. The molecule has 0 aliphatic rings. The third-order valence-corrected chi connectivity index (χ3v) is 15.8. The van der Waals surface area contributed by atoms with Crippen LogP contribution < -0.4 is 9.46 Å². The SMILES string of the molecule is CC(=O)Oc1cccc2c1c(C[C@H](NS(=O)(=O)C(F)(F)F)C(=O)OCc1ccccc1)cn2[Si](C(C)C)(C(C)C)C(C)C. The average Bonchev–Trinajstić information content (AvgIpc) is 3.25. The zero-order valence-electron chi connectivity index (χ0n) is 25.4. The van der Waals surface area contributed by atoms with E-state index in [0.29, 0.717) is 22.0 Å². The second-order valence-corrected chi connectivity index (χ2v) is 19.0. The van der Waals surface area contributed by atoms with Crippen molar-refractivity contribution in [3.05, 3.63) is 65.9 Å². The molecule has 1 aromatic heterocycles. The highest BCUT2D eigenvalue weighted by Gasteiger charge is 2.49. The second kappa shape index (κ2) is 13.2. The summed E-state index contributed by atoms with van der Waals surface area (Å²) < 4.78 is 79.4. The zero-order chi connectivity index (χ0) is 32.3. The molecule has 0 aliphatic heterocycles. The standard InChI is InChI=1S/C30H39F3N2O6SSi/c1-19(2)43(20(3)4,21(5)6)35-17-24(28-26(35)14-11-15-27(28)41-22(7)36)16-25(34-42(38,39)30(31,32)33)29(37)40-18-23-12-9-8-10-13-23/h8-15,17,19-21,25,34H,16,18H2,1-7H3/t25-/m0/s1. The summed E-state index contributed by atoms with van der Waals surface area (Å²) in [5.41, 5.74) is -3.42. The van der Waals surface area contributed by atoms with E-state index in [4.69, 9.17) is 9.47 Å². The Bertz CT molecular complexity index is 1530. The van der Waals surface area contributed by atoms with Crippen molar-refractivity contribution in [1.82, 2.24) is 8.95 Å². The molecule has 0 radical (unpaired) electrons. The number of hydrogen-bond acceptors (Lipinski definition) is 6. The van der Waals surface area contributed by atoms with Gasteiger partial charge < -0.3 is 13.7 Å². The lowest BCUT2D eigenvalue weighted by molar-refractivity contribution is -0.147. The van der Waals surface area contributed by atoms with Crippen molar-refractivity contribution >= 4 is 41.1 Å². The normalized spacial score (nSPS) is 13.6. The maximum atomic E-state index is 13.5. The number of alkyl halides is 3. The van der Waals surface area contributed by atoms with Gasteiger partial charge in [-0.25, -0.2) is 8.42 Å². The highest BCUT2D eigenvalue weighted by molar-refractivity contribution is 7.90. The number of carbonyl (C=O) groups excluding carboxylic acids is 2. The molecule has 43 heavy (non-hydrogen) atoms. The van der Waals surface area contributed by atoms with Crippen LogP contribution in [0.5, 0.6) is 5.75 Å². The third kappa shape index (κ3) is 7.15. The first-order valence-corrected chi connectivity index (χ1v) is 17.7. The van der Waals surface area contributed by atoms with Crippen LogP contribution in [0.25, 0.3) is 10.9 Å². The fourth-order valence-electron chi connectivity index (χ4n) is 6.36. The maximum absolute atomic E-state index is 13.5. The van der Waals surface area contributed by atoms with E-state index in [1.165, 1.54) is 11.6 Å². The molecule has 0 saturated heterocycles. The maximum Gasteiger partial charge on any atom is 0.511 e. The van der Waals surface area contributed by atoms with Crippen LogP contribution in [0.15, 0.2) is 54.7 Å². The van der Waals surface area contributed by atoms with Gasteiger partial charge in [0, 0.05) is 24.2 Å². The summed E-state index contributed by atoms with van der Waals surface area (Å²) in [4.78, 5) is 25.3. The molecule has 13 heteroatoms. The van der Waals surface area contributed by atoms with Crippen molar-refractivity contribution in [3.63, 3.8) is 0 Å². The Kier molecular flexibility index (Phi) is 10.6. The van der Waals surface area contributed by atoms with Gasteiger partial charge in [-0.2, -0.15) is 17.9 Å². The lowest BCUT2D eigenvalue weighted by Crippen LogP contribution is -2.51. The van der Waals surface area contributed by atoms with E-state index in [0.717, 1.165) is 0 Å². The largest absolute Gasteiger partial charge is 0.511 e. The number of sulfonamides is 1. The van der Waals surface area contributed by atoms with Gasteiger partial charge in [-0.3, -0.25) is 9.59 Å². The number of rotatable bonds is 12. The molecule has 1 N–H and O–H groups in total. The van der Waals surface area contributed by atoms with Crippen LogP contribution >= 0.6 is 0 Å². The Morgan fingerprint density at radius 3 is 2.02 bits per heavy atom. The molecule has 0 saturated carbocycles. The summed E-state index contributed by atoms with van der Waals surface area (Å²) in [5, 5.41) is 0.420. The van der Waals surface area contributed by atoms with Crippen molar-refractivity contribution in [3.8, 4) is 5.75 Å². The summed E-state index contributed by atoms with van der Waals surface area (Å²) in [6.07, 6.45) is 1.30. The Hall–Kier alpha value is -3.16. The van der Waals surface area contributed by atoms with Crippen molar-refractivity contribution < 1.29 is 40.7 Å². The van der Waals surface area contributed by atoms with Gasteiger partial charge in [-0.05, 0) is 46.1 Å². The van der Waals surface area contributed by atoms with Gasteiger partial charge in [0.05, 0.1) is 0 Å². The van der Waals surface area contributed by atoms with E-state index < -0.39 is 48.2 Å². The minimum absolute atomic E-state index is 0.160. The predicted molar refractivity (Wildman–Crippen MR) is 162 cm³/mol. The number of nitrogens with zero attached hydrogens (tertiary/aromatic N) is 1. The third-order valence-electron chi connectivity index (χ3n) is 7.85. The number of carbonyl (C=O) groups is 2. The summed E-state index contributed by atoms with van der Waals surface area (Å²) in [5.74, 6) is -1.63. The van der Waals surface area contributed by atoms with Gasteiger partial charge in [0.2, 0.25) is 0 Å². The monoisotopic (exact) mass is 640 g/mol. The summed E-state index contributed by atoms with van der Waals surface area (Å²) >= 11 is 0. The molecule has 0 spiro atoms. The average molecular weight is 641 g/mol. The van der Waals surface area contributed by atoms with Gasteiger partial charge in [0.15, 0.2) is 8.24 Å². The van der Waals surface area contributed by atoms with Crippen LogP contribution in [-0.2, 0) is 37.4 Å². The lowest BCUT2D eigenvalue weighted by Gasteiger charge is -2.44. The van der Waals surface area contributed by atoms with Crippen molar-refractivity contribution in [1.29, 1.82) is 0 Å². The van der Waals surface area contributed by atoms with Gasteiger partial charge in [0.25, 0.3) is 0 Å². The molecular weight excluding hydrogens is 601 g/mol. The quantitative estimate of drug-likeness (QED) is 0.135. The van der Waals surface area contributed by atoms with Crippen LogP contribution in [0.3, 0.4) is 0 Å². The highest BCUT2D eigenvalue weighted by atomic mass is 32.2. The van der Waals surface area contributed by atoms with Gasteiger partial charge in [0.1, 0.15) is 18.4 Å². The van der Waals surface area contributed by atoms with E-state index in [-0.39, 0.29) is 29.0 Å². The molecular formula is C30H39F3N2O6SSi. The Labute approximate surface area is 251 Å². The molecule has 0 aliphatic carbocycles. The molecule has 0 fully saturated rings. The number of esters is 2. The number of nitrogens with one attached hydrogen (secondary N) is 1. The van der Waals surface area contributed by atoms with Gasteiger partial charge >= 0.3 is 27.5 Å². The molecule has 3 rings (SSSR count). The number of ether oxygens (including phenoxy) is 2. The lowest BCUT2D eigenvalue weighted by atomic mass is 10.0. The zero-order valence-corrected chi connectivity index (χ0v) is 27.2. The van der Waals surface area contributed by atoms with Gasteiger partial charge in [-0.15, -0.1) is 0 Å². The van der Waals surface area contributed by atoms with E-state index in [1.807, 2.05) is 6.07 Å². The van der Waals surface area contributed by atoms with Crippen molar-refractivity contribution in [2.45, 2.75) is 89.7 Å². The number of benzene rings is 2. The minimum Gasteiger partial charge on any atom is -0.460 e. The smallest absolute Gasteiger partial charge is 0.460 e. The topological polar surface area (TPSA) is 104 Å². The first-order chi connectivity index (χ1) is 19.9. The van der Waals surface area contributed by atoms with Crippen LogP contribution in [0.2, 0.25) is 16.6 Å². The van der Waals surface area contributed by atoms with Crippen LogP contribution in [-0.4, -0.2) is 44.4 Å². The fourth-order valence-corrected chi connectivity index (χ4v) is 13.7. The first kappa shape index (κ1) is 34.3. The van der Waals surface area contributed by atoms with E-state index in [9.17, 15) is 31.2 Å². The molecule has 0 amide bonds. The molecule has 3 aromatic rings. The van der Waals surface area contributed by atoms with E-state index in [2.05, 4.69) is 45.8 Å². The first-order valence-electron chi connectivity index (χ1n) is 14.0. The van der Waals surface area contributed by atoms with Crippen LogP contribution in [0.1, 0.15) is 59.6 Å². The van der Waals surface area contributed by atoms with Crippen LogP contribution in [0, 0.1) is 0 Å². The highest BCUT2D eigenvalue weighted by Crippen LogP contribution is 2.46. The van der Waals surface area contributed by atoms with Crippen molar-refractivity contribution in [2.24, 2.45) is 0 Å². The number of halogens is 3. The molecule has 236 valence electrons. The molecule has 2 aromatic carbocycles. The molecule has 0 bridgehead atoms. The minimum atomic E-state index is -5.92. The van der Waals surface area contributed by atoms with E-state index >= 15 is 0 Å². The molecule has 8 nitrogen and oxygen atoms in total. The Balaban J connectivity index is 2.24.